The van der Waals surface area contributed by atoms with Crippen molar-refractivity contribution in [2.75, 3.05) is 12.5 Å². The molecule has 0 saturated carbocycles. The molecule has 0 bridgehead atoms. The van der Waals surface area contributed by atoms with Crippen LogP contribution in [-0.4, -0.2) is 18.4 Å². The summed E-state index contributed by atoms with van der Waals surface area (Å²) in [5.41, 5.74) is 4.40. The predicted molar refractivity (Wildman–Crippen MR) is 77.3 cm³/mol. The number of hydrogen-bond donors (Lipinski definition) is 2. The molecule has 0 fully saturated rings. The van der Waals surface area contributed by atoms with Crippen LogP contribution in [0.25, 0.3) is 0 Å². The smallest absolute Gasteiger partial charge is 0.160 e. The van der Waals surface area contributed by atoms with E-state index >= 15 is 0 Å². The van der Waals surface area contributed by atoms with Crippen LogP contribution < -0.4 is 10.2 Å². The van der Waals surface area contributed by atoms with Gasteiger partial charge in [0, 0.05) is 5.02 Å². The fourth-order valence-corrected chi connectivity index (χ4v) is 1.72. The highest BCUT2D eigenvalue weighted by Crippen LogP contribution is 2.25. The van der Waals surface area contributed by atoms with Gasteiger partial charge < -0.3 is 9.84 Å². The molecule has 98 valence electrons. The Hall–Kier alpha value is -2.20. The van der Waals surface area contributed by atoms with Crippen molar-refractivity contribution in [3.63, 3.8) is 0 Å². The van der Waals surface area contributed by atoms with Crippen LogP contribution in [0.3, 0.4) is 0 Å². The van der Waals surface area contributed by atoms with E-state index in [9.17, 15) is 5.11 Å². The van der Waals surface area contributed by atoms with Gasteiger partial charge in [0.05, 0.1) is 19.0 Å². The van der Waals surface area contributed by atoms with Crippen LogP contribution >= 0.6 is 11.6 Å². The van der Waals surface area contributed by atoms with Crippen LogP contribution in [0.5, 0.6) is 11.5 Å². The Bertz CT molecular complexity index is 600. The highest BCUT2D eigenvalue weighted by atomic mass is 35.5. The second kappa shape index (κ2) is 6.11. The topological polar surface area (TPSA) is 53.8 Å². The average Bonchev–Trinajstić information content (AvgIpc) is 2.39. The molecule has 2 aromatic carbocycles. The van der Waals surface area contributed by atoms with Crippen molar-refractivity contribution in [1.29, 1.82) is 0 Å². The summed E-state index contributed by atoms with van der Waals surface area (Å²) >= 11 is 5.86. The minimum Gasteiger partial charge on any atom is -0.504 e. The van der Waals surface area contributed by atoms with Gasteiger partial charge in [-0.05, 0) is 42.0 Å². The largest absolute Gasteiger partial charge is 0.504 e. The minimum atomic E-state index is 0.0780. The standard InChI is InChI=1S/C14H13ClN2O2/c1-19-14-6-5-10(7-13(14)18)9-16-17-12-4-2-3-11(15)8-12/h2-9,17-18H,1H3/b16-9+. The van der Waals surface area contributed by atoms with Crippen molar-refractivity contribution in [3.8, 4) is 11.5 Å². The van der Waals surface area contributed by atoms with Crippen molar-refractivity contribution >= 4 is 23.5 Å². The summed E-state index contributed by atoms with van der Waals surface area (Å²) in [4.78, 5) is 0. The molecule has 0 aromatic heterocycles. The van der Waals surface area contributed by atoms with Crippen LogP contribution in [0.15, 0.2) is 47.6 Å². The molecule has 0 aliphatic carbocycles. The maximum Gasteiger partial charge on any atom is 0.160 e. The Morgan fingerprint density at radius 3 is 2.79 bits per heavy atom. The summed E-state index contributed by atoms with van der Waals surface area (Å²) in [6, 6.07) is 12.3. The Kier molecular flexibility index (Phi) is 4.26. The zero-order valence-corrected chi connectivity index (χ0v) is 11.1. The van der Waals surface area contributed by atoms with Crippen molar-refractivity contribution in [2.24, 2.45) is 5.10 Å². The SMILES string of the molecule is COc1ccc(/C=N/Nc2cccc(Cl)c2)cc1O. The third-order valence-corrected chi connectivity index (χ3v) is 2.67. The fourth-order valence-electron chi connectivity index (χ4n) is 1.53. The lowest BCUT2D eigenvalue weighted by molar-refractivity contribution is 0.373. The third-order valence-electron chi connectivity index (χ3n) is 2.43. The van der Waals surface area contributed by atoms with Crippen LogP contribution in [0, 0.1) is 0 Å². The molecule has 0 atom stereocenters. The van der Waals surface area contributed by atoms with E-state index in [1.807, 2.05) is 12.1 Å². The highest BCUT2D eigenvalue weighted by molar-refractivity contribution is 6.30. The molecule has 2 rings (SSSR count). The Morgan fingerprint density at radius 1 is 1.26 bits per heavy atom. The van der Waals surface area contributed by atoms with Crippen molar-refractivity contribution < 1.29 is 9.84 Å². The first kappa shape index (κ1) is 13.2. The Morgan fingerprint density at radius 2 is 2.11 bits per heavy atom. The number of benzene rings is 2. The molecule has 0 aliphatic rings. The fraction of sp³-hybridized carbons (Fsp3) is 0.0714. The maximum absolute atomic E-state index is 9.62. The molecule has 4 nitrogen and oxygen atoms in total. The van der Waals surface area contributed by atoms with Gasteiger partial charge in [0.1, 0.15) is 0 Å². The zero-order valence-electron chi connectivity index (χ0n) is 10.3. The number of rotatable bonds is 4. The molecular weight excluding hydrogens is 264 g/mol. The molecule has 0 radical (unpaired) electrons. The molecule has 5 heteroatoms. The number of hydrazone groups is 1. The molecule has 0 amide bonds. The van der Waals surface area contributed by atoms with Gasteiger partial charge >= 0.3 is 0 Å². The monoisotopic (exact) mass is 276 g/mol. The lowest BCUT2D eigenvalue weighted by Gasteiger charge is -2.03. The third kappa shape index (κ3) is 3.63. The number of aromatic hydroxyl groups is 1. The average molecular weight is 277 g/mol. The number of nitrogens with one attached hydrogen (secondary N) is 1. The number of methoxy groups -OCH3 is 1. The van der Waals surface area contributed by atoms with E-state index in [2.05, 4.69) is 10.5 Å². The number of ether oxygens (including phenoxy) is 1. The second-order valence-corrected chi connectivity index (χ2v) is 4.25. The van der Waals surface area contributed by atoms with Crippen LogP contribution in [-0.2, 0) is 0 Å². The van der Waals surface area contributed by atoms with E-state index in [0.717, 1.165) is 11.3 Å². The first-order valence-corrected chi connectivity index (χ1v) is 5.98. The summed E-state index contributed by atoms with van der Waals surface area (Å²) in [6.07, 6.45) is 1.60. The van der Waals surface area contributed by atoms with Crippen molar-refractivity contribution in [3.05, 3.63) is 53.1 Å². The molecule has 0 aliphatic heterocycles. The molecule has 2 aromatic rings. The van der Waals surface area contributed by atoms with Gasteiger partial charge in [-0.25, -0.2) is 0 Å². The van der Waals surface area contributed by atoms with Crippen LogP contribution in [0.1, 0.15) is 5.56 Å². The maximum atomic E-state index is 9.62. The van der Waals surface area contributed by atoms with Crippen molar-refractivity contribution in [2.45, 2.75) is 0 Å². The van der Waals surface area contributed by atoms with E-state index in [4.69, 9.17) is 16.3 Å². The molecule has 0 saturated heterocycles. The zero-order chi connectivity index (χ0) is 13.7. The summed E-state index contributed by atoms with van der Waals surface area (Å²) in [6.45, 7) is 0. The van der Waals surface area contributed by atoms with Gasteiger partial charge in [-0.2, -0.15) is 5.10 Å². The molecule has 2 N–H and O–H groups in total. The molecule has 0 heterocycles. The summed E-state index contributed by atoms with van der Waals surface area (Å²) in [5.74, 6) is 0.508. The van der Waals surface area contributed by atoms with E-state index in [1.54, 1.807) is 36.5 Å². The van der Waals surface area contributed by atoms with Gasteiger partial charge in [0.25, 0.3) is 0 Å². The minimum absolute atomic E-state index is 0.0780. The van der Waals surface area contributed by atoms with Crippen LogP contribution in [0.4, 0.5) is 5.69 Å². The van der Waals surface area contributed by atoms with Gasteiger partial charge in [0.15, 0.2) is 11.5 Å². The first-order valence-electron chi connectivity index (χ1n) is 5.60. The summed E-state index contributed by atoms with van der Waals surface area (Å²) < 4.78 is 4.96. The van der Waals surface area contributed by atoms with E-state index in [1.165, 1.54) is 7.11 Å². The number of anilines is 1. The van der Waals surface area contributed by atoms with Gasteiger partial charge in [-0.3, -0.25) is 5.43 Å². The normalized spacial score (nSPS) is 10.6. The molecule has 19 heavy (non-hydrogen) atoms. The number of halogens is 1. The molecule has 0 unspecified atom stereocenters. The summed E-state index contributed by atoms with van der Waals surface area (Å²) in [7, 11) is 1.50. The lowest BCUT2D eigenvalue weighted by atomic mass is 10.2. The Labute approximate surface area is 116 Å². The molecular formula is C14H13ClN2O2. The molecule has 0 spiro atoms. The van der Waals surface area contributed by atoms with Crippen molar-refractivity contribution in [1.82, 2.24) is 0 Å². The van der Waals surface area contributed by atoms with Gasteiger partial charge in [-0.1, -0.05) is 17.7 Å². The second-order valence-electron chi connectivity index (χ2n) is 3.81. The summed E-state index contributed by atoms with van der Waals surface area (Å²) in [5, 5.41) is 14.3. The number of nitrogens with zero attached hydrogens (tertiary/aromatic N) is 1. The lowest BCUT2D eigenvalue weighted by Crippen LogP contribution is -1.91. The van der Waals surface area contributed by atoms with Crippen LogP contribution in [0.2, 0.25) is 5.02 Å². The first-order chi connectivity index (χ1) is 9.19. The quantitative estimate of drug-likeness (QED) is 0.664. The van der Waals surface area contributed by atoms with Gasteiger partial charge in [-0.15, -0.1) is 0 Å². The number of phenols is 1. The van der Waals surface area contributed by atoms with Gasteiger partial charge in [0.2, 0.25) is 0 Å². The highest BCUT2D eigenvalue weighted by Gasteiger charge is 2.00. The number of hydrogen-bond acceptors (Lipinski definition) is 4. The van der Waals surface area contributed by atoms with E-state index in [-0.39, 0.29) is 5.75 Å². The predicted octanol–water partition coefficient (Wildman–Crippen LogP) is 3.50. The van der Waals surface area contributed by atoms with E-state index < -0.39 is 0 Å². The Balaban J connectivity index is 2.05. The number of phenolic OH excluding ortho intramolecular Hbond substituents is 1. The van der Waals surface area contributed by atoms with E-state index in [0.29, 0.717) is 10.8 Å².